The highest BCUT2D eigenvalue weighted by Gasteiger charge is 2.44. The molecular formula is C15H19NO3S. The lowest BCUT2D eigenvalue weighted by Crippen LogP contribution is -2.34. The fourth-order valence-electron chi connectivity index (χ4n) is 2.71. The topological polar surface area (TPSA) is 47.6 Å². The highest BCUT2D eigenvalue weighted by atomic mass is 32.2. The number of ether oxygens (including phenoxy) is 2. The van der Waals surface area contributed by atoms with Crippen molar-refractivity contribution in [3.8, 4) is 11.5 Å². The van der Waals surface area contributed by atoms with Gasteiger partial charge in [0.15, 0.2) is 11.5 Å². The Balaban J connectivity index is 1.67. The number of benzene rings is 1. The molecule has 0 radical (unpaired) electrons. The predicted molar refractivity (Wildman–Crippen MR) is 80.5 cm³/mol. The zero-order valence-corrected chi connectivity index (χ0v) is 12.4. The highest BCUT2D eigenvalue weighted by molar-refractivity contribution is 7.98. The quantitative estimate of drug-likeness (QED) is 0.924. The van der Waals surface area contributed by atoms with Crippen molar-refractivity contribution in [1.29, 1.82) is 0 Å². The Labute approximate surface area is 123 Å². The Kier molecular flexibility index (Phi) is 3.78. The van der Waals surface area contributed by atoms with Crippen LogP contribution in [0.2, 0.25) is 0 Å². The van der Waals surface area contributed by atoms with E-state index in [0.717, 1.165) is 48.6 Å². The zero-order chi connectivity index (χ0) is 14.0. The Bertz CT molecular complexity index is 512. The highest BCUT2D eigenvalue weighted by Crippen LogP contribution is 2.47. The van der Waals surface area contributed by atoms with E-state index in [4.69, 9.17) is 9.47 Å². The van der Waals surface area contributed by atoms with E-state index < -0.39 is 5.79 Å². The average molecular weight is 293 g/mol. The van der Waals surface area contributed by atoms with Gasteiger partial charge in [0.1, 0.15) is 0 Å². The lowest BCUT2D eigenvalue weighted by molar-refractivity contribution is -0.115. The van der Waals surface area contributed by atoms with Gasteiger partial charge in [0.05, 0.1) is 0 Å². The standard InChI is InChI=1S/C15H19NO3S/c1-20-9-6-14(17)16-11-4-5-12-13(10-11)19-15(18-12)7-2-3-8-15/h4-5,10H,2-3,6-9H2,1H3,(H,16,17). The van der Waals surface area contributed by atoms with Crippen LogP contribution < -0.4 is 14.8 Å². The van der Waals surface area contributed by atoms with Crippen molar-refractivity contribution in [2.24, 2.45) is 0 Å². The van der Waals surface area contributed by atoms with Crippen molar-refractivity contribution >= 4 is 23.4 Å². The first-order chi connectivity index (χ1) is 9.71. The average Bonchev–Trinajstić information content (AvgIpc) is 3.02. The molecule has 5 heteroatoms. The van der Waals surface area contributed by atoms with Crippen LogP contribution >= 0.6 is 11.8 Å². The molecule has 20 heavy (non-hydrogen) atoms. The Morgan fingerprint density at radius 2 is 2.05 bits per heavy atom. The molecule has 1 heterocycles. The second kappa shape index (κ2) is 5.56. The molecule has 4 nitrogen and oxygen atoms in total. The smallest absolute Gasteiger partial charge is 0.251 e. The fourth-order valence-corrected chi connectivity index (χ4v) is 3.10. The molecule has 1 aromatic carbocycles. The molecule has 1 fully saturated rings. The summed E-state index contributed by atoms with van der Waals surface area (Å²) in [7, 11) is 0. The third kappa shape index (κ3) is 2.73. The zero-order valence-electron chi connectivity index (χ0n) is 11.6. The first-order valence-electron chi connectivity index (χ1n) is 7.02. The van der Waals surface area contributed by atoms with Crippen LogP contribution in [0.4, 0.5) is 5.69 Å². The molecule has 3 rings (SSSR count). The van der Waals surface area contributed by atoms with E-state index in [1.54, 1.807) is 11.8 Å². The number of thioether (sulfide) groups is 1. The number of amides is 1. The maximum Gasteiger partial charge on any atom is 0.251 e. The van der Waals surface area contributed by atoms with Gasteiger partial charge < -0.3 is 14.8 Å². The van der Waals surface area contributed by atoms with Crippen LogP contribution in [0.25, 0.3) is 0 Å². The molecule has 1 aromatic rings. The van der Waals surface area contributed by atoms with E-state index in [-0.39, 0.29) is 5.91 Å². The van der Waals surface area contributed by atoms with Crippen LogP contribution in [0.3, 0.4) is 0 Å². The van der Waals surface area contributed by atoms with Crippen LogP contribution in [-0.4, -0.2) is 23.7 Å². The maximum atomic E-state index is 11.7. The molecule has 1 aliphatic heterocycles. The summed E-state index contributed by atoms with van der Waals surface area (Å²) in [6.45, 7) is 0. The van der Waals surface area contributed by atoms with E-state index in [2.05, 4.69) is 5.32 Å². The van der Waals surface area contributed by atoms with E-state index >= 15 is 0 Å². The van der Waals surface area contributed by atoms with E-state index in [9.17, 15) is 4.79 Å². The molecule has 1 saturated carbocycles. The van der Waals surface area contributed by atoms with E-state index in [1.165, 1.54) is 0 Å². The summed E-state index contributed by atoms with van der Waals surface area (Å²) in [6, 6.07) is 5.61. The monoisotopic (exact) mass is 293 g/mol. The molecule has 1 amide bonds. The van der Waals surface area contributed by atoms with Gasteiger partial charge in [0.2, 0.25) is 5.91 Å². The number of rotatable bonds is 4. The number of anilines is 1. The minimum Gasteiger partial charge on any atom is -0.448 e. The van der Waals surface area contributed by atoms with E-state index in [1.807, 2.05) is 24.5 Å². The fraction of sp³-hybridized carbons (Fsp3) is 0.533. The molecule has 0 bridgehead atoms. The third-order valence-electron chi connectivity index (χ3n) is 3.72. The third-order valence-corrected chi connectivity index (χ3v) is 4.33. The summed E-state index contributed by atoms with van der Waals surface area (Å²) < 4.78 is 11.9. The molecule has 1 aliphatic carbocycles. The molecule has 1 N–H and O–H groups in total. The van der Waals surface area contributed by atoms with Gasteiger partial charge in [0, 0.05) is 36.8 Å². The first kappa shape index (κ1) is 13.6. The molecule has 0 saturated heterocycles. The minimum atomic E-state index is -0.441. The Morgan fingerprint density at radius 3 is 2.80 bits per heavy atom. The van der Waals surface area contributed by atoms with Crippen molar-refractivity contribution in [1.82, 2.24) is 0 Å². The van der Waals surface area contributed by atoms with Crippen molar-refractivity contribution in [2.45, 2.75) is 37.9 Å². The second-order valence-electron chi connectivity index (χ2n) is 5.27. The van der Waals surface area contributed by atoms with Crippen molar-refractivity contribution < 1.29 is 14.3 Å². The normalized spacial score (nSPS) is 18.4. The SMILES string of the molecule is CSCCC(=O)Nc1ccc2c(c1)OC1(CCCC1)O2. The van der Waals surface area contributed by atoms with Gasteiger partial charge in [-0.15, -0.1) is 0 Å². The first-order valence-corrected chi connectivity index (χ1v) is 8.41. The van der Waals surface area contributed by atoms with Crippen LogP contribution in [0.15, 0.2) is 18.2 Å². The molecule has 1 spiro atoms. The lowest BCUT2D eigenvalue weighted by Gasteiger charge is -2.21. The van der Waals surface area contributed by atoms with Gasteiger partial charge in [-0.3, -0.25) is 4.79 Å². The largest absolute Gasteiger partial charge is 0.448 e. The number of nitrogens with one attached hydrogen (secondary N) is 1. The van der Waals surface area contributed by atoms with Gasteiger partial charge in [-0.25, -0.2) is 0 Å². The Morgan fingerprint density at radius 1 is 1.30 bits per heavy atom. The number of carbonyl (C=O) groups is 1. The maximum absolute atomic E-state index is 11.7. The number of hydrogen-bond donors (Lipinski definition) is 1. The summed E-state index contributed by atoms with van der Waals surface area (Å²) in [5.74, 6) is 1.96. The van der Waals surface area contributed by atoms with Gasteiger partial charge in [0.25, 0.3) is 5.79 Å². The summed E-state index contributed by atoms with van der Waals surface area (Å²) in [5.41, 5.74) is 0.772. The summed E-state index contributed by atoms with van der Waals surface area (Å²) in [5, 5.41) is 2.90. The predicted octanol–water partition coefficient (Wildman–Crippen LogP) is 3.42. The number of fused-ring (bicyclic) bond motifs is 1. The summed E-state index contributed by atoms with van der Waals surface area (Å²) in [4.78, 5) is 11.7. The van der Waals surface area contributed by atoms with Crippen LogP contribution in [0, 0.1) is 0 Å². The van der Waals surface area contributed by atoms with Crippen LogP contribution in [-0.2, 0) is 4.79 Å². The Hall–Kier alpha value is -1.36. The molecule has 0 atom stereocenters. The molecule has 0 aromatic heterocycles. The van der Waals surface area contributed by atoms with Crippen LogP contribution in [0.1, 0.15) is 32.1 Å². The molecule has 0 unspecified atom stereocenters. The van der Waals surface area contributed by atoms with Crippen molar-refractivity contribution in [3.63, 3.8) is 0 Å². The summed E-state index contributed by atoms with van der Waals surface area (Å²) >= 11 is 1.67. The van der Waals surface area contributed by atoms with Gasteiger partial charge in [-0.1, -0.05) is 0 Å². The molecular weight excluding hydrogens is 274 g/mol. The number of carbonyl (C=O) groups excluding carboxylic acids is 1. The van der Waals surface area contributed by atoms with Crippen LogP contribution in [0.5, 0.6) is 11.5 Å². The molecule has 2 aliphatic rings. The summed E-state index contributed by atoms with van der Waals surface area (Å²) in [6.07, 6.45) is 6.70. The minimum absolute atomic E-state index is 0.0359. The van der Waals surface area contributed by atoms with Crippen molar-refractivity contribution in [2.75, 3.05) is 17.3 Å². The lowest BCUT2D eigenvalue weighted by atomic mass is 10.2. The van der Waals surface area contributed by atoms with Gasteiger partial charge in [-0.05, 0) is 31.2 Å². The van der Waals surface area contributed by atoms with Crippen molar-refractivity contribution in [3.05, 3.63) is 18.2 Å². The van der Waals surface area contributed by atoms with Gasteiger partial charge in [-0.2, -0.15) is 11.8 Å². The molecule has 108 valence electrons. The van der Waals surface area contributed by atoms with E-state index in [0.29, 0.717) is 6.42 Å². The van der Waals surface area contributed by atoms with Gasteiger partial charge >= 0.3 is 0 Å². The second-order valence-corrected chi connectivity index (χ2v) is 6.26. The number of hydrogen-bond acceptors (Lipinski definition) is 4.